The number of hydrogen-bond acceptors (Lipinski definition) is 2. The normalized spacial score (nSPS) is 12.5. The van der Waals surface area contributed by atoms with Crippen LogP contribution in [-0.2, 0) is 4.79 Å². The van der Waals surface area contributed by atoms with Crippen LogP contribution in [-0.4, -0.2) is 25.2 Å². The Bertz CT molecular complexity index is 368. The summed E-state index contributed by atoms with van der Waals surface area (Å²) in [5, 5.41) is 8.93. The van der Waals surface area contributed by atoms with Crippen molar-refractivity contribution in [1.82, 2.24) is 0 Å². The van der Waals surface area contributed by atoms with E-state index in [1.54, 1.807) is 0 Å². The van der Waals surface area contributed by atoms with E-state index in [4.69, 9.17) is 5.11 Å². The predicted octanol–water partition coefficient (Wildman–Crippen LogP) is 2.97. The number of rotatable bonds is 5. The molecule has 1 aromatic carbocycles. The van der Waals surface area contributed by atoms with Crippen LogP contribution < -0.4 is 4.90 Å². The topological polar surface area (TPSA) is 40.5 Å². The second-order valence-electron chi connectivity index (χ2n) is 4.93. The molecule has 94 valence electrons. The summed E-state index contributed by atoms with van der Waals surface area (Å²) in [6.45, 7) is 4.13. The number of nitrogens with zero attached hydrogens (tertiary/aromatic N) is 1. The van der Waals surface area contributed by atoms with Crippen LogP contribution in [0.3, 0.4) is 0 Å². The molecule has 0 heterocycles. The van der Waals surface area contributed by atoms with Gasteiger partial charge in [-0.25, -0.2) is 0 Å². The minimum atomic E-state index is -0.736. The van der Waals surface area contributed by atoms with Crippen LogP contribution in [0.1, 0.15) is 31.7 Å². The van der Waals surface area contributed by atoms with E-state index in [-0.39, 0.29) is 12.3 Å². The quantitative estimate of drug-likeness (QED) is 0.853. The maximum Gasteiger partial charge on any atom is 0.303 e. The molecule has 0 saturated carbocycles. The Morgan fingerprint density at radius 2 is 1.76 bits per heavy atom. The highest BCUT2D eigenvalue weighted by molar-refractivity contribution is 5.68. The first-order valence-electron chi connectivity index (χ1n) is 5.91. The van der Waals surface area contributed by atoms with E-state index in [2.05, 4.69) is 13.8 Å². The first-order chi connectivity index (χ1) is 7.91. The molecule has 17 heavy (non-hydrogen) atoms. The zero-order valence-electron chi connectivity index (χ0n) is 11.0. The Hall–Kier alpha value is -1.51. The lowest BCUT2D eigenvalue weighted by Gasteiger charge is -2.20. The Morgan fingerprint density at radius 3 is 2.12 bits per heavy atom. The average Bonchev–Trinajstić information content (AvgIpc) is 2.25. The van der Waals surface area contributed by atoms with Crippen LogP contribution in [0.15, 0.2) is 24.3 Å². The smallest absolute Gasteiger partial charge is 0.303 e. The molecule has 0 aliphatic carbocycles. The Morgan fingerprint density at radius 1 is 1.24 bits per heavy atom. The van der Waals surface area contributed by atoms with Crippen LogP contribution in [0.4, 0.5) is 5.69 Å². The van der Waals surface area contributed by atoms with Crippen LogP contribution in [0.2, 0.25) is 0 Å². The van der Waals surface area contributed by atoms with Gasteiger partial charge in [0.2, 0.25) is 0 Å². The molecular weight excluding hydrogens is 214 g/mol. The molecule has 3 heteroatoms. The number of carboxylic acid groups (broad SMARTS) is 1. The summed E-state index contributed by atoms with van der Waals surface area (Å²) >= 11 is 0. The van der Waals surface area contributed by atoms with Crippen LogP contribution in [0, 0.1) is 5.92 Å². The molecule has 0 amide bonds. The van der Waals surface area contributed by atoms with Gasteiger partial charge in [-0.15, -0.1) is 0 Å². The Labute approximate surface area is 103 Å². The van der Waals surface area contributed by atoms with Gasteiger partial charge in [0, 0.05) is 19.8 Å². The summed E-state index contributed by atoms with van der Waals surface area (Å²) < 4.78 is 0. The molecule has 1 atom stereocenters. The van der Waals surface area contributed by atoms with Gasteiger partial charge in [-0.05, 0) is 29.5 Å². The van der Waals surface area contributed by atoms with Gasteiger partial charge in [0.05, 0.1) is 6.42 Å². The third kappa shape index (κ3) is 3.77. The summed E-state index contributed by atoms with van der Waals surface area (Å²) in [7, 11) is 3.98. The summed E-state index contributed by atoms with van der Waals surface area (Å²) in [5.41, 5.74) is 2.24. The molecule has 3 nitrogen and oxygen atoms in total. The van der Waals surface area contributed by atoms with Crippen molar-refractivity contribution in [3.05, 3.63) is 29.8 Å². The minimum Gasteiger partial charge on any atom is -0.481 e. The molecule has 0 bridgehead atoms. The third-order valence-corrected chi connectivity index (χ3v) is 3.04. The maximum atomic E-state index is 10.9. The average molecular weight is 235 g/mol. The van der Waals surface area contributed by atoms with E-state index in [1.807, 2.05) is 43.3 Å². The van der Waals surface area contributed by atoms with Gasteiger partial charge < -0.3 is 10.0 Å². The molecule has 1 unspecified atom stereocenters. The van der Waals surface area contributed by atoms with Gasteiger partial charge in [0.1, 0.15) is 0 Å². The standard InChI is InChI=1S/C14H21NO2/c1-10(2)13(9-14(16)17)11-5-7-12(8-6-11)15(3)4/h5-8,10,13H,9H2,1-4H3,(H,16,17). The van der Waals surface area contributed by atoms with Crippen molar-refractivity contribution in [2.24, 2.45) is 5.92 Å². The second-order valence-corrected chi connectivity index (χ2v) is 4.93. The fourth-order valence-corrected chi connectivity index (χ4v) is 1.95. The number of aliphatic carboxylic acids is 1. The number of hydrogen-bond donors (Lipinski definition) is 1. The van der Waals surface area contributed by atoms with Gasteiger partial charge in [-0.3, -0.25) is 4.79 Å². The molecule has 1 aromatic rings. The molecule has 0 spiro atoms. The van der Waals surface area contributed by atoms with Crippen LogP contribution in [0.25, 0.3) is 0 Å². The number of carboxylic acids is 1. The van der Waals surface area contributed by atoms with Crippen molar-refractivity contribution in [2.45, 2.75) is 26.2 Å². The molecule has 0 aromatic heterocycles. The van der Waals surface area contributed by atoms with Gasteiger partial charge in [0.15, 0.2) is 0 Å². The van der Waals surface area contributed by atoms with E-state index in [1.165, 1.54) is 0 Å². The Kier molecular flexibility index (Phi) is 4.55. The highest BCUT2D eigenvalue weighted by atomic mass is 16.4. The number of anilines is 1. The summed E-state index contributed by atoms with van der Waals surface area (Å²) in [4.78, 5) is 12.9. The van der Waals surface area contributed by atoms with Gasteiger partial charge in [0.25, 0.3) is 0 Å². The third-order valence-electron chi connectivity index (χ3n) is 3.04. The summed E-state index contributed by atoms with van der Waals surface area (Å²) in [5.74, 6) is -0.319. The van der Waals surface area contributed by atoms with Crippen molar-refractivity contribution in [2.75, 3.05) is 19.0 Å². The largest absolute Gasteiger partial charge is 0.481 e. The Balaban J connectivity index is 2.91. The lowest BCUT2D eigenvalue weighted by Crippen LogP contribution is -2.13. The lowest BCUT2D eigenvalue weighted by atomic mass is 9.86. The fraction of sp³-hybridized carbons (Fsp3) is 0.500. The van der Waals surface area contributed by atoms with Gasteiger partial charge >= 0.3 is 5.97 Å². The minimum absolute atomic E-state index is 0.0868. The molecule has 1 N–H and O–H groups in total. The van der Waals surface area contributed by atoms with Gasteiger partial charge in [-0.1, -0.05) is 26.0 Å². The van der Waals surface area contributed by atoms with Crippen molar-refractivity contribution in [1.29, 1.82) is 0 Å². The van der Waals surface area contributed by atoms with E-state index >= 15 is 0 Å². The monoisotopic (exact) mass is 235 g/mol. The molecule has 0 saturated heterocycles. The summed E-state index contributed by atoms with van der Waals surface area (Å²) in [6.07, 6.45) is 0.193. The fourth-order valence-electron chi connectivity index (χ4n) is 1.95. The molecule has 0 aliphatic heterocycles. The van der Waals surface area contributed by atoms with Crippen molar-refractivity contribution < 1.29 is 9.90 Å². The van der Waals surface area contributed by atoms with Crippen molar-refractivity contribution in [3.8, 4) is 0 Å². The highest BCUT2D eigenvalue weighted by Gasteiger charge is 2.19. The second kappa shape index (κ2) is 5.71. The zero-order valence-corrected chi connectivity index (χ0v) is 11.0. The first kappa shape index (κ1) is 13.6. The van der Waals surface area contributed by atoms with Crippen molar-refractivity contribution in [3.63, 3.8) is 0 Å². The van der Waals surface area contributed by atoms with E-state index < -0.39 is 5.97 Å². The van der Waals surface area contributed by atoms with Crippen LogP contribution >= 0.6 is 0 Å². The molecular formula is C14H21NO2. The van der Waals surface area contributed by atoms with E-state index in [9.17, 15) is 4.79 Å². The molecule has 0 fully saturated rings. The SMILES string of the molecule is CC(C)C(CC(=O)O)c1ccc(N(C)C)cc1. The zero-order chi connectivity index (χ0) is 13.0. The first-order valence-corrected chi connectivity index (χ1v) is 5.91. The van der Waals surface area contributed by atoms with Crippen molar-refractivity contribution >= 4 is 11.7 Å². The molecule has 1 rings (SSSR count). The van der Waals surface area contributed by atoms with E-state index in [0.717, 1.165) is 11.3 Å². The van der Waals surface area contributed by atoms with E-state index in [0.29, 0.717) is 5.92 Å². The highest BCUT2D eigenvalue weighted by Crippen LogP contribution is 2.29. The molecule has 0 aliphatic rings. The number of benzene rings is 1. The lowest BCUT2D eigenvalue weighted by molar-refractivity contribution is -0.137. The summed E-state index contributed by atoms with van der Waals surface area (Å²) in [6, 6.07) is 8.13. The van der Waals surface area contributed by atoms with Crippen LogP contribution in [0.5, 0.6) is 0 Å². The number of carbonyl (C=O) groups is 1. The maximum absolute atomic E-state index is 10.9. The predicted molar refractivity (Wildman–Crippen MR) is 70.6 cm³/mol. The van der Waals surface area contributed by atoms with Gasteiger partial charge in [-0.2, -0.15) is 0 Å². The molecule has 0 radical (unpaired) electrons.